The summed E-state index contributed by atoms with van der Waals surface area (Å²) in [6, 6.07) is 0. The molecule has 1 N–H and O–H groups in total. The highest BCUT2D eigenvalue weighted by Gasteiger charge is 2.01. The van der Waals surface area contributed by atoms with Crippen molar-refractivity contribution >= 4 is 33.6 Å². The van der Waals surface area contributed by atoms with Crippen molar-refractivity contribution < 1.29 is 4.79 Å². The van der Waals surface area contributed by atoms with E-state index in [1.54, 1.807) is 11.8 Å². The molecule has 0 rings (SSSR count). The fourth-order valence-corrected chi connectivity index (χ4v) is 1.75. The summed E-state index contributed by atoms with van der Waals surface area (Å²) in [6.07, 6.45) is 4.92. The smallest absolute Gasteiger partial charge is 0.220 e. The van der Waals surface area contributed by atoms with Crippen LogP contribution in [0.5, 0.6) is 0 Å². The van der Waals surface area contributed by atoms with Crippen LogP contribution in [0.4, 0.5) is 0 Å². The average molecular weight is 282 g/mol. The lowest BCUT2D eigenvalue weighted by Crippen LogP contribution is -2.24. The SMILES string of the molecule is CSCCC(=O)NCCCC(C)CBr. The molecule has 14 heavy (non-hydrogen) atoms. The molecule has 4 heteroatoms. The van der Waals surface area contributed by atoms with Gasteiger partial charge in [-0.3, -0.25) is 4.79 Å². The van der Waals surface area contributed by atoms with Crippen LogP contribution in [-0.2, 0) is 4.79 Å². The Labute approximate surface area is 99.7 Å². The third kappa shape index (κ3) is 8.88. The highest BCUT2D eigenvalue weighted by atomic mass is 79.9. The minimum absolute atomic E-state index is 0.186. The Kier molecular flexibility index (Phi) is 10.1. The number of hydrogen-bond acceptors (Lipinski definition) is 2. The maximum absolute atomic E-state index is 11.2. The topological polar surface area (TPSA) is 29.1 Å². The lowest BCUT2D eigenvalue weighted by molar-refractivity contribution is -0.120. The van der Waals surface area contributed by atoms with E-state index in [1.807, 2.05) is 6.26 Å². The number of nitrogens with one attached hydrogen (secondary N) is 1. The Bertz CT molecular complexity index is 155. The van der Waals surface area contributed by atoms with Crippen LogP contribution in [0.1, 0.15) is 26.2 Å². The molecule has 0 aliphatic rings. The molecule has 1 amide bonds. The zero-order valence-corrected chi connectivity index (χ0v) is 11.4. The maximum atomic E-state index is 11.2. The molecule has 0 saturated carbocycles. The van der Waals surface area contributed by atoms with E-state index in [9.17, 15) is 4.79 Å². The zero-order chi connectivity index (χ0) is 10.8. The summed E-state index contributed by atoms with van der Waals surface area (Å²) in [6.45, 7) is 3.04. The molecule has 0 radical (unpaired) electrons. The lowest BCUT2D eigenvalue weighted by Gasteiger charge is -2.07. The fraction of sp³-hybridized carbons (Fsp3) is 0.900. The van der Waals surface area contributed by atoms with Crippen LogP contribution < -0.4 is 5.32 Å². The van der Waals surface area contributed by atoms with Gasteiger partial charge in [0.2, 0.25) is 5.91 Å². The van der Waals surface area contributed by atoms with Crippen molar-refractivity contribution in [2.75, 3.05) is 23.9 Å². The average Bonchev–Trinajstić information content (AvgIpc) is 2.21. The molecule has 0 aromatic heterocycles. The lowest BCUT2D eigenvalue weighted by atomic mass is 10.1. The van der Waals surface area contributed by atoms with Gasteiger partial charge in [-0.05, 0) is 25.0 Å². The Balaban J connectivity index is 3.22. The number of amides is 1. The fourth-order valence-electron chi connectivity index (χ4n) is 1.04. The number of carbonyl (C=O) groups excluding carboxylic acids is 1. The molecular weight excluding hydrogens is 262 g/mol. The molecule has 0 fully saturated rings. The molecule has 1 atom stereocenters. The molecule has 84 valence electrons. The monoisotopic (exact) mass is 281 g/mol. The zero-order valence-electron chi connectivity index (χ0n) is 9.01. The van der Waals surface area contributed by atoms with Gasteiger partial charge in [0, 0.05) is 24.0 Å². The van der Waals surface area contributed by atoms with E-state index in [-0.39, 0.29) is 5.91 Å². The van der Waals surface area contributed by atoms with Gasteiger partial charge in [0.1, 0.15) is 0 Å². The summed E-state index contributed by atoms with van der Waals surface area (Å²) in [5, 5.41) is 3.98. The van der Waals surface area contributed by atoms with E-state index >= 15 is 0 Å². The van der Waals surface area contributed by atoms with Crippen LogP contribution >= 0.6 is 27.7 Å². The van der Waals surface area contributed by atoms with E-state index in [1.165, 1.54) is 6.42 Å². The summed E-state index contributed by atoms with van der Waals surface area (Å²) in [4.78, 5) is 11.2. The second kappa shape index (κ2) is 9.84. The summed E-state index contributed by atoms with van der Waals surface area (Å²) >= 11 is 5.15. The molecule has 0 aromatic carbocycles. The van der Waals surface area contributed by atoms with E-state index < -0.39 is 0 Å². The minimum Gasteiger partial charge on any atom is -0.356 e. The van der Waals surface area contributed by atoms with Crippen molar-refractivity contribution in [2.45, 2.75) is 26.2 Å². The first kappa shape index (κ1) is 14.3. The minimum atomic E-state index is 0.186. The molecule has 2 nitrogen and oxygen atoms in total. The number of hydrogen-bond donors (Lipinski definition) is 1. The van der Waals surface area contributed by atoms with Gasteiger partial charge in [-0.2, -0.15) is 11.8 Å². The predicted octanol–water partition coefficient (Wildman–Crippen LogP) is 2.67. The number of rotatable bonds is 8. The Morgan fingerprint density at radius 1 is 1.57 bits per heavy atom. The van der Waals surface area contributed by atoms with Gasteiger partial charge >= 0.3 is 0 Å². The molecule has 0 aliphatic heterocycles. The van der Waals surface area contributed by atoms with Crippen LogP contribution in [0, 0.1) is 5.92 Å². The molecule has 0 spiro atoms. The summed E-state index contributed by atoms with van der Waals surface area (Å²) in [5.74, 6) is 1.81. The first-order valence-electron chi connectivity index (χ1n) is 5.02. The van der Waals surface area contributed by atoms with Crippen molar-refractivity contribution in [1.82, 2.24) is 5.32 Å². The van der Waals surface area contributed by atoms with Crippen molar-refractivity contribution in [3.05, 3.63) is 0 Å². The Morgan fingerprint density at radius 2 is 2.29 bits per heavy atom. The number of alkyl halides is 1. The number of carbonyl (C=O) groups is 1. The molecule has 0 aromatic rings. The van der Waals surface area contributed by atoms with Crippen molar-refractivity contribution in [3.8, 4) is 0 Å². The molecule has 0 saturated heterocycles. The maximum Gasteiger partial charge on any atom is 0.220 e. The van der Waals surface area contributed by atoms with Crippen LogP contribution in [0.15, 0.2) is 0 Å². The van der Waals surface area contributed by atoms with Gasteiger partial charge in [-0.1, -0.05) is 22.9 Å². The Hall–Kier alpha value is 0.300. The first-order valence-corrected chi connectivity index (χ1v) is 7.53. The third-order valence-corrected chi connectivity index (χ3v) is 3.71. The van der Waals surface area contributed by atoms with Crippen molar-refractivity contribution in [1.29, 1.82) is 0 Å². The number of halogens is 1. The van der Waals surface area contributed by atoms with E-state index in [4.69, 9.17) is 0 Å². The van der Waals surface area contributed by atoms with Gasteiger partial charge in [-0.15, -0.1) is 0 Å². The van der Waals surface area contributed by atoms with Gasteiger partial charge in [-0.25, -0.2) is 0 Å². The standard InChI is InChI=1S/C10H20BrNOS/c1-9(8-11)4-3-6-12-10(13)5-7-14-2/h9H,3-8H2,1-2H3,(H,12,13). The highest BCUT2D eigenvalue weighted by Crippen LogP contribution is 2.07. The molecule has 0 aliphatic carbocycles. The quantitative estimate of drug-likeness (QED) is 0.548. The predicted molar refractivity (Wildman–Crippen MR) is 68.2 cm³/mol. The van der Waals surface area contributed by atoms with Crippen LogP contribution in [0.2, 0.25) is 0 Å². The second-order valence-corrected chi connectivity index (χ2v) is 5.13. The summed E-state index contributed by atoms with van der Waals surface area (Å²) in [5.41, 5.74) is 0. The number of thioether (sulfide) groups is 1. The molecule has 0 bridgehead atoms. The van der Waals surface area contributed by atoms with E-state index in [0.717, 1.165) is 24.0 Å². The van der Waals surface area contributed by atoms with Gasteiger partial charge in [0.05, 0.1) is 0 Å². The summed E-state index contributed by atoms with van der Waals surface area (Å²) in [7, 11) is 0. The van der Waals surface area contributed by atoms with E-state index in [0.29, 0.717) is 12.3 Å². The van der Waals surface area contributed by atoms with Gasteiger partial charge in [0.15, 0.2) is 0 Å². The molecule has 0 heterocycles. The molecular formula is C10H20BrNOS. The van der Waals surface area contributed by atoms with Crippen LogP contribution in [-0.4, -0.2) is 29.8 Å². The highest BCUT2D eigenvalue weighted by molar-refractivity contribution is 9.09. The molecule has 1 unspecified atom stereocenters. The van der Waals surface area contributed by atoms with E-state index in [2.05, 4.69) is 28.2 Å². The summed E-state index contributed by atoms with van der Waals surface area (Å²) < 4.78 is 0. The van der Waals surface area contributed by atoms with Gasteiger partial charge < -0.3 is 5.32 Å². The second-order valence-electron chi connectivity index (χ2n) is 3.49. The van der Waals surface area contributed by atoms with Crippen molar-refractivity contribution in [2.24, 2.45) is 5.92 Å². The van der Waals surface area contributed by atoms with Crippen LogP contribution in [0.3, 0.4) is 0 Å². The van der Waals surface area contributed by atoms with Gasteiger partial charge in [0.25, 0.3) is 0 Å². The normalized spacial score (nSPS) is 12.5. The Morgan fingerprint density at radius 3 is 2.86 bits per heavy atom. The van der Waals surface area contributed by atoms with Crippen LogP contribution in [0.25, 0.3) is 0 Å². The first-order chi connectivity index (χ1) is 6.70. The van der Waals surface area contributed by atoms with Crippen molar-refractivity contribution in [3.63, 3.8) is 0 Å². The largest absolute Gasteiger partial charge is 0.356 e. The third-order valence-electron chi connectivity index (χ3n) is 1.99.